The summed E-state index contributed by atoms with van der Waals surface area (Å²) >= 11 is 0. The number of ether oxygens (including phenoxy) is 3. The van der Waals surface area contributed by atoms with Gasteiger partial charge in [-0.2, -0.15) is 0 Å². The summed E-state index contributed by atoms with van der Waals surface area (Å²) in [6.07, 6.45) is 2.53. The van der Waals surface area contributed by atoms with Crippen molar-refractivity contribution < 1.29 is 28.6 Å². The first-order valence-corrected chi connectivity index (χ1v) is 11.8. The molecular formula is C26H28N4O6. The third-order valence-corrected chi connectivity index (χ3v) is 6.77. The number of nitrogens with zero attached hydrogens (tertiary/aromatic N) is 1. The smallest absolute Gasteiger partial charge is 0.329 e. The van der Waals surface area contributed by atoms with Gasteiger partial charge in [0, 0.05) is 28.7 Å². The average Bonchev–Trinajstić information content (AvgIpc) is 3.40. The maximum Gasteiger partial charge on any atom is 0.329 e. The second-order valence-corrected chi connectivity index (χ2v) is 8.84. The molecule has 0 radical (unpaired) electrons. The number of amides is 4. The van der Waals surface area contributed by atoms with Crippen LogP contribution in [0.3, 0.4) is 0 Å². The number of methoxy groups -OCH3 is 3. The molecule has 0 bridgehead atoms. The van der Waals surface area contributed by atoms with E-state index in [2.05, 4.69) is 21.7 Å². The Hall–Kier alpha value is -4.21. The molecule has 5 rings (SSSR count). The van der Waals surface area contributed by atoms with Crippen LogP contribution in [-0.2, 0) is 16.0 Å². The number of aromatic amines is 1. The molecule has 1 aliphatic heterocycles. The number of nitrogens with one attached hydrogen (secondary N) is 3. The van der Waals surface area contributed by atoms with Crippen LogP contribution in [-0.4, -0.2) is 50.2 Å². The molecule has 0 spiro atoms. The summed E-state index contributed by atoms with van der Waals surface area (Å²) in [4.78, 5) is 43.3. The van der Waals surface area contributed by atoms with Gasteiger partial charge < -0.3 is 29.8 Å². The van der Waals surface area contributed by atoms with Crippen molar-refractivity contribution in [3.8, 4) is 17.2 Å². The number of urea groups is 1. The summed E-state index contributed by atoms with van der Waals surface area (Å²) in [7, 11) is 4.36. The van der Waals surface area contributed by atoms with E-state index in [0.29, 0.717) is 17.2 Å². The topological polar surface area (TPSA) is 122 Å². The predicted octanol–water partition coefficient (Wildman–Crippen LogP) is 3.20. The van der Waals surface area contributed by atoms with Crippen molar-refractivity contribution in [1.82, 2.24) is 15.6 Å². The largest absolute Gasteiger partial charge is 0.493 e. The number of benzene rings is 2. The van der Waals surface area contributed by atoms with E-state index >= 15 is 0 Å². The Bertz CT molecular complexity index is 1320. The van der Waals surface area contributed by atoms with Gasteiger partial charge in [0.25, 0.3) is 5.91 Å². The zero-order valence-corrected chi connectivity index (χ0v) is 20.3. The molecule has 1 fully saturated rings. The van der Waals surface area contributed by atoms with Crippen LogP contribution in [0.25, 0.3) is 10.9 Å². The molecule has 1 aliphatic carbocycles. The predicted molar refractivity (Wildman–Crippen MR) is 133 cm³/mol. The molecule has 4 amide bonds. The number of aromatic nitrogens is 1. The zero-order valence-electron chi connectivity index (χ0n) is 20.3. The number of H-pyrrole nitrogens is 1. The van der Waals surface area contributed by atoms with Gasteiger partial charge in [-0.3, -0.25) is 9.59 Å². The number of hydrogen-bond acceptors (Lipinski definition) is 6. The second-order valence-electron chi connectivity index (χ2n) is 8.84. The van der Waals surface area contributed by atoms with Gasteiger partial charge in [0.05, 0.1) is 39.5 Å². The molecule has 2 aliphatic rings. The minimum Gasteiger partial charge on any atom is -0.493 e. The van der Waals surface area contributed by atoms with Gasteiger partial charge in [-0.15, -0.1) is 0 Å². The highest BCUT2D eigenvalue weighted by Gasteiger charge is 2.41. The zero-order chi connectivity index (χ0) is 25.4. The van der Waals surface area contributed by atoms with Gasteiger partial charge in [0.2, 0.25) is 11.7 Å². The summed E-state index contributed by atoms with van der Waals surface area (Å²) in [6.45, 7) is 0. The molecule has 10 heteroatoms. The number of hydrogen-bond donors (Lipinski definition) is 3. The van der Waals surface area contributed by atoms with Crippen LogP contribution in [0.1, 0.15) is 36.6 Å². The summed E-state index contributed by atoms with van der Waals surface area (Å²) in [6, 6.07) is 9.34. The van der Waals surface area contributed by atoms with Crippen LogP contribution >= 0.6 is 0 Å². The Morgan fingerprint density at radius 3 is 2.50 bits per heavy atom. The number of aryl methyl sites for hydroxylation is 1. The van der Waals surface area contributed by atoms with Gasteiger partial charge in [-0.25, -0.2) is 9.69 Å². The lowest BCUT2D eigenvalue weighted by atomic mass is 9.91. The Balaban J connectivity index is 1.32. The highest BCUT2D eigenvalue weighted by atomic mass is 16.5. The van der Waals surface area contributed by atoms with Crippen LogP contribution in [0.2, 0.25) is 0 Å². The molecule has 2 unspecified atom stereocenters. The third kappa shape index (κ3) is 3.98. The van der Waals surface area contributed by atoms with Crippen LogP contribution in [0.15, 0.2) is 36.4 Å². The van der Waals surface area contributed by atoms with Gasteiger partial charge >= 0.3 is 6.03 Å². The van der Waals surface area contributed by atoms with Crippen molar-refractivity contribution in [3.05, 3.63) is 47.7 Å². The van der Waals surface area contributed by atoms with E-state index in [1.165, 1.54) is 44.4 Å². The summed E-state index contributed by atoms with van der Waals surface area (Å²) in [5.41, 5.74) is 3.53. The Labute approximate surface area is 207 Å². The van der Waals surface area contributed by atoms with Gasteiger partial charge in [-0.05, 0) is 30.9 Å². The van der Waals surface area contributed by atoms with Crippen molar-refractivity contribution in [2.45, 2.75) is 37.8 Å². The van der Waals surface area contributed by atoms with Crippen molar-refractivity contribution in [2.24, 2.45) is 0 Å². The van der Waals surface area contributed by atoms with Crippen LogP contribution < -0.4 is 29.7 Å². The summed E-state index contributed by atoms with van der Waals surface area (Å²) in [5, 5.41) is 6.85. The molecule has 36 heavy (non-hydrogen) atoms. The first kappa shape index (κ1) is 23.5. The first-order valence-electron chi connectivity index (χ1n) is 11.8. The molecule has 3 aromatic rings. The fourth-order valence-corrected chi connectivity index (χ4v) is 5.11. The van der Waals surface area contributed by atoms with Crippen LogP contribution in [0.5, 0.6) is 17.2 Å². The number of carbonyl (C=O) groups is 3. The van der Waals surface area contributed by atoms with E-state index < -0.39 is 18.0 Å². The standard InChI is InChI=1S/C26H28N4O6/c1-34-20-11-14(12-21(35-2)24(20)36-3)30-25(32)19(29-26(30)33)13-22(31)27-18-10-6-8-16-15-7-4-5-9-17(15)28-23(16)18/h4-5,7,9,11-12,18-19,28H,6,8,10,13H2,1-3H3,(H,27,31)(H,29,33). The van der Waals surface area contributed by atoms with Crippen LogP contribution in [0.4, 0.5) is 10.5 Å². The van der Waals surface area contributed by atoms with E-state index in [-0.39, 0.29) is 24.1 Å². The number of fused-ring (bicyclic) bond motifs is 3. The van der Waals surface area contributed by atoms with Gasteiger partial charge in [0.1, 0.15) is 6.04 Å². The fraction of sp³-hybridized carbons (Fsp3) is 0.346. The van der Waals surface area contributed by atoms with E-state index in [1.54, 1.807) is 0 Å². The Kier molecular flexibility index (Phi) is 6.17. The normalized spacial score (nSPS) is 19.1. The lowest BCUT2D eigenvalue weighted by Gasteiger charge is -2.24. The molecule has 0 saturated carbocycles. The van der Waals surface area contributed by atoms with E-state index in [4.69, 9.17) is 14.2 Å². The SMILES string of the molecule is COc1cc(N2C(=O)NC(CC(=O)NC3CCCc4c3[nH]c3ccccc43)C2=O)cc(OC)c1OC. The number of carbonyl (C=O) groups excluding carboxylic acids is 3. The maximum atomic E-state index is 13.2. The first-order chi connectivity index (χ1) is 17.4. The Morgan fingerprint density at radius 2 is 1.81 bits per heavy atom. The molecular weight excluding hydrogens is 464 g/mol. The number of rotatable bonds is 7. The summed E-state index contributed by atoms with van der Waals surface area (Å²) < 4.78 is 16.0. The molecule has 2 aromatic carbocycles. The molecule has 2 atom stereocenters. The molecule has 3 N–H and O–H groups in total. The van der Waals surface area contributed by atoms with Gasteiger partial charge in [0.15, 0.2) is 11.5 Å². The fourth-order valence-electron chi connectivity index (χ4n) is 5.11. The highest BCUT2D eigenvalue weighted by Crippen LogP contribution is 2.42. The number of para-hydroxylation sites is 1. The van der Waals surface area contributed by atoms with E-state index in [1.807, 2.05) is 18.2 Å². The Morgan fingerprint density at radius 1 is 1.08 bits per heavy atom. The van der Waals surface area contributed by atoms with E-state index in [0.717, 1.165) is 35.4 Å². The third-order valence-electron chi connectivity index (χ3n) is 6.77. The van der Waals surface area contributed by atoms with Crippen molar-refractivity contribution in [2.75, 3.05) is 26.2 Å². The van der Waals surface area contributed by atoms with Gasteiger partial charge in [-0.1, -0.05) is 18.2 Å². The average molecular weight is 493 g/mol. The molecule has 1 aromatic heterocycles. The molecule has 188 valence electrons. The minimum absolute atomic E-state index is 0.169. The highest BCUT2D eigenvalue weighted by molar-refractivity contribution is 6.22. The summed E-state index contributed by atoms with van der Waals surface area (Å²) in [5.74, 6) is 0.118. The lowest BCUT2D eigenvalue weighted by molar-refractivity contribution is -0.126. The molecule has 1 saturated heterocycles. The number of anilines is 1. The van der Waals surface area contributed by atoms with E-state index in [9.17, 15) is 14.4 Å². The second kappa shape index (κ2) is 9.44. The maximum absolute atomic E-state index is 13.2. The minimum atomic E-state index is -0.984. The lowest BCUT2D eigenvalue weighted by Crippen LogP contribution is -2.38. The van der Waals surface area contributed by atoms with Crippen LogP contribution in [0, 0.1) is 0 Å². The monoisotopic (exact) mass is 492 g/mol. The van der Waals surface area contributed by atoms with Crippen molar-refractivity contribution in [3.63, 3.8) is 0 Å². The number of imide groups is 1. The molecule has 10 nitrogen and oxygen atoms in total. The van der Waals surface area contributed by atoms with Crippen molar-refractivity contribution >= 4 is 34.4 Å². The quantitative estimate of drug-likeness (QED) is 0.436. The molecule has 2 heterocycles. The van der Waals surface area contributed by atoms with Crippen molar-refractivity contribution in [1.29, 1.82) is 0 Å².